The first-order valence-electron chi connectivity index (χ1n) is 12.7. The van der Waals surface area contributed by atoms with Gasteiger partial charge in [0.25, 0.3) is 5.89 Å². The fourth-order valence-electron chi connectivity index (χ4n) is 4.11. The van der Waals surface area contributed by atoms with Gasteiger partial charge in [0.15, 0.2) is 11.5 Å². The predicted molar refractivity (Wildman–Crippen MR) is 145 cm³/mol. The third-order valence-corrected chi connectivity index (χ3v) is 6.28. The molecule has 4 aromatic rings. The Morgan fingerprint density at radius 3 is 2.43 bits per heavy atom. The zero-order chi connectivity index (χ0) is 26.2. The number of methoxy groups -OCH3 is 1. The zero-order valence-corrected chi connectivity index (χ0v) is 22.3. The van der Waals surface area contributed by atoms with Crippen LogP contribution in [0.5, 0.6) is 11.5 Å². The molecule has 2 aromatic heterocycles. The SMILES string of the molecule is CCN(CC)CCOc1ccc(-c2noc(-c3cnn(CCN(C)C)c3-c3ccccc3)n2)cc1OC. The molecule has 0 fully saturated rings. The summed E-state index contributed by atoms with van der Waals surface area (Å²) >= 11 is 0. The molecule has 4 rings (SSSR count). The van der Waals surface area contributed by atoms with Crippen LogP contribution in [0.4, 0.5) is 0 Å². The molecule has 37 heavy (non-hydrogen) atoms. The van der Waals surface area contributed by atoms with Gasteiger partial charge in [0.2, 0.25) is 5.82 Å². The Morgan fingerprint density at radius 1 is 0.946 bits per heavy atom. The van der Waals surface area contributed by atoms with Crippen molar-refractivity contribution in [2.75, 3.05) is 54.0 Å². The second kappa shape index (κ2) is 12.5. The molecule has 0 aliphatic rings. The van der Waals surface area contributed by atoms with Gasteiger partial charge in [-0.2, -0.15) is 10.1 Å². The third kappa shape index (κ3) is 6.36. The Hall–Kier alpha value is -3.69. The van der Waals surface area contributed by atoms with Crippen molar-refractivity contribution in [2.45, 2.75) is 20.4 Å². The van der Waals surface area contributed by atoms with Gasteiger partial charge in [-0.05, 0) is 45.4 Å². The highest BCUT2D eigenvalue weighted by atomic mass is 16.5. The number of benzene rings is 2. The van der Waals surface area contributed by atoms with Gasteiger partial charge in [0, 0.05) is 24.2 Å². The largest absolute Gasteiger partial charge is 0.493 e. The Balaban J connectivity index is 1.59. The van der Waals surface area contributed by atoms with Crippen molar-refractivity contribution < 1.29 is 14.0 Å². The van der Waals surface area contributed by atoms with Crippen molar-refractivity contribution in [3.63, 3.8) is 0 Å². The second-order valence-corrected chi connectivity index (χ2v) is 8.96. The molecule has 0 bridgehead atoms. The first kappa shape index (κ1) is 26.4. The number of ether oxygens (including phenoxy) is 2. The summed E-state index contributed by atoms with van der Waals surface area (Å²) in [7, 11) is 5.73. The van der Waals surface area contributed by atoms with E-state index in [4.69, 9.17) is 19.0 Å². The van der Waals surface area contributed by atoms with Crippen LogP contribution >= 0.6 is 0 Å². The summed E-state index contributed by atoms with van der Waals surface area (Å²) in [4.78, 5) is 9.16. The Kier molecular flexibility index (Phi) is 8.92. The van der Waals surface area contributed by atoms with Crippen LogP contribution in [-0.4, -0.2) is 83.7 Å². The first-order chi connectivity index (χ1) is 18.0. The lowest BCUT2D eigenvalue weighted by Gasteiger charge is -2.18. The molecule has 0 amide bonds. The van der Waals surface area contributed by atoms with Crippen molar-refractivity contribution >= 4 is 0 Å². The monoisotopic (exact) mass is 504 g/mol. The lowest BCUT2D eigenvalue weighted by atomic mass is 10.1. The van der Waals surface area contributed by atoms with Crippen LogP contribution in [-0.2, 0) is 6.54 Å². The maximum Gasteiger partial charge on any atom is 0.262 e. The van der Waals surface area contributed by atoms with Crippen molar-refractivity contribution in [3.05, 3.63) is 54.7 Å². The minimum Gasteiger partial charge on any atom is -0.493 e. The molecule has 2 heterocycles. The van der Waals surface area contributed by atoms with E-state index < -0.39 is 0 Å². The average Bonchev–Trinajstić information content (AvgIpc) is 3.58. The average molecular weight is 505 g/mol. The van der Waals surface area contributed by atoms with E-state index >= 15 is 0 Å². The van der Waals surface area contributed by atoms with E-state index in [1.807, 2.05) is 55.2 Å². The van der Waals surface area contributed by atoms with Gasteiger partial charge >= 0.3 is 0 Å². The van der Waals surface area contributed by atoms with E-state index in [0.29, 0.717) is 29.8 Å². The summed E-state index contributed by atoms with van der Waals surface area (Å²) in [6, 6.07) is 15.8. The van der Waals surface area contributed by atoms with Crippen molar-refractivity contribution in [3.8, 4) is 45.6 Å². The number of nitrogens with zero attached hydrogens (tertiary/aromatic N) is 6. The van der Waals surface area contributed by atoms with E-state index in [-0.39, 0.29) is 0 Å². The highest BCUT2D eigenvalue weighted by molar-refractivity contribution is 5.77. The number of aromatic nitrogens is 4. The lowest BCUT2D eigenvalue weighted by Crippen LogP contribution is -2.27. The van der Waals surface area contributed by atoms with Crippen molar-refractivity contribution in [2.24, 2.45) is 0 Å². The highest BCUT2D eigenvalue weighted by Gasteiger charge is 2.21. The number of likely N-dealkylation sites (N-methyl/N-ethyl adjacent to an activating group) is 2. The fraction of sp³-hybridized carbons (Fsp3) is 0.393. The number of hydrogen-bond donors (Lipinski definition) is 0. The molecule has 0 atom stereocenters. The Bertz CT molecular complexity index is 1260. The van der Waals surface area contributed by atoms with Gasteiger partial charge in [0.1, 0.15) is 6.61 Å². The van der Waals surface area contributed by atoms with E-state index in [9.17, 15) is 0 Å². The molecule has 0 radical (unpaired) electrons. The van der Waals surface area contributed by atoms with E-state index in [1.54, 1.807) is 13.3 Å². The van der Waals surface area contributed by atoms with Gasteiger partial charge in [-0.3, -0.25) is 4.68 Å². The maximum absolute atomic E-state index is 5.99. The van der Waals surface area contributed by atoms with Crippen LogP contribution in [0.15, 0.2) is 59.3 Å². The predicted octanol–water partition coefficient (Wildman–Crippen LogP) is 4.56. The normalized spacial score (nSPS) is 11.4. The standard InChI is InChI=1S/C28H36N6O3/c1-6-33(7-2)17-18-36-24-14-13-22(19-25(24)35-5)27-30-28(37-31-27)23-20-29-34(16-15-32(3)4)26(23)21-11-9-8-10-12-21/h8-14,19-20H,6-7,15-18H2,1-5H3. The summed E-state index contributed by atoms with van der Waals surface area (Å²) < 4.78 is 19.3. The van der Waals surface area contributed by atoms with Crippen LogP contribution in [0.3, 0.4) is 0 Å². The summed E-state index contributed by atoms with van der Waals surface area (Å²) in [5, 5.41) is 8.90. The van der Waals surface area contributed by atoms with Gasteiger partial charge in [-0.25, -0.2) is 0 Å². The molecular formula is C28H36N6O3. The smallest absolute Gasteiger partial charge is 0.262 e. The van der Waals surface area contributed by atoms with Crippen LogP contribution < -0.4 is 9.47 Å². The molecule has 0 aliphatic heterocycles. The summed E-state index contributed by atoms with van der Waals surface area (Å²) in [6.45, 7) is 9.34. The molecule has 0 saturated heterocycles. The topological polar surface area (TPSA) is 81.7 Å². The number of rotatable bonds is 13. The zero-order valence-electron chi connectivity index (χ0n) is 22.3. The van der Waals surface area contributed by atoms with E-state index in [1.165, 1.54) is 0 Å². The van der Waals surface area contributed by atoms with Crippen LogP contribution in [0.2, 0.25) is 0 Å². The molecular weight excluding hydrogens is 468 g/mol. The minimum atomic E-state index is 0.420. The van der Waals surface area contributed by atoms with Gasteiger partial charge < -0.3 is 23.8 Å². The van der Waals surface area contributed by atoms with Crippen LogP contribution in [0.1, 0.15) is 13.8 Å². The number of hydrogen-bond acceptors (Lipinski definition) is 8. The summed E-state index contributed by atoms with van der Waals surface area (Å²) in [5.74, 6) is 2.21. The van der Waals surface area contributed by atoms with E-state index in [0.717, 1.165) is 55.1 Å². The van der Waals surface area contributed by atoms with Crippen LogP contribution in [0.25, 0.3) is 34.1 Å². The summed E-state index contributed by atoms with van der Waals surface area (Å²) in [6.07, 6.45) is 1.79. The second-order valence-electron chi connectivity index (χ2n) is 8.96. The molecule has 0 N–H and O–H groups in total. The molecule has 0 aliphatic carbocycles. The van der Waals surface area contributed by atoms with Gasteiger partial charge in [0.05, 0.1) is 31.1 Å². The van der Waals surface area contributed by atoms with Gasteiger partial charge in [-0.1, -0.05) is 49.3 Å². The molecule has 9 nitrogen and oxygen atoms in total. The summed E-state index contributed by atoms with van der Waals surface area (Å²) in [5.41, 5.74) is 3.57. The van der Waals surface area contributed by atoms with E-state index in [2.05, 4.69) is 46.0 Å². The molecule has 0 unspecified atom stereocenters. The Labute approximate surface area is 218 Å². The van der Waals surface area contributed by atoms with Crippen LogP contribution in [0, 0.1) is 0 Å². The van der Waals surface area contributed by atoms with Crippen molar-refractivity contribution in [1.29, 1.82) is 0 Å². The van der Waals surface area contributed by atoms with Gasteiger partial charge in [-0.15, -0.1) is 0 Å². The maximum atomic E-state index is 5.99. The Morgan fingerprint density at radius 2 is 1.73 bits per heavy atom. The minimum absolute atomic E-state index is 0.420. The fourth-order valence-corrected chi connectivity index (χ4v) is 4.11. The molecule has 196 valence electrons. The third-order valence-electron chi connectivity index (χ3n) is 6.28. The molecule has 9 heteroatoms. The quantitative estimate of drug-likeness (QED) is 0.262. The van der Waals surface area contributed by atoms with Crippen molar-refractivity contribution in [1.82, 2.24) is 29.7 Å². The highest BCUT2D eigenvalue weighted by Crippen LogP contribution is 2.35. The molecule has 2 aromatic carbocycles. The molecule has 0 saturated carbocycles. The molecule has 0 spiro atoms. The lowest BCUT2D eigenvalue weighted by molar-refractivity contribution is 0.217. The first-order valence-corrected chi connectivity index (χ1v) is 12.7.